The van der Waals surface area contributed by atoms with Crippen molar-refractivity contribution in [2.75, 3.05) is 11.9 Å². The molecule has 1 saturated heterocycles. The minimum atomic E-state index is -0.845. The van der Waals surface area contributed by atoms with E-state index in [1.807, 2.05) is 81.4 Å². The summed E-state index contributed by atoms with van der Waals surface area (Å²) < 4.78 is 5.77. The molecule has 4 rings (SSSR count). The third-order valence-corrected chi connectivity index (χ3v) is 6.22. The van der Waals surface area contributed by atoms with Crippen LogP contribution in [0.4, 0.5) is 10.5 Å². The second kappa shape index (κ2) is 11.7. The van der Waals surface area contributed by atoms with E-state index in [9.17, 15) is 14.4 Å². The van der Waals surface area contributed by atoms with Crippen molar-refractivity contribution >= 4 is 23.6 Å². The van der Waals surface area contributed by atoms with Gasteiger partial charge in [-0.25, -0.2) is 4.79 Å². The molecular formula is C30H33N3O4. The number of carbonyl (C=O) groups is 3. The molecule has 0 radical (unpaired) electrons. The summed E-state index contributed by atoms with van der Waals surface area (Å²) >= 11 is 0. The molecule has 3 amide bonds. The number of amides is 3. The summed E-state index contributed by atoms with van der Waals surface area (Å²) in [6.07, 6.45) is -1.11. The van der Waals surface area contributed by atoms with Crippen LogP contribution < -0.4 is 10.6 Å². The Labute approximate surface area is 217 Å². The van der Waals surface area contributed by atoms with Gasteiger partial charge in [0.25, 0.3) is 0 Å². The molecule has 1 aliphatic heterocycles. The molecule has 0 unspecified atom stereocenters. The fourth-order valence-electron chi connectivity index (χ4n) is 4.29. The number of aryl methyl sites for hydroxylation is 1. The highest BCUT2D eigenvalue weighted by atomic mass is 16.6. The van der Waals surface area contributed by atoms with Gasteiger partial charge >= 0.3 is 6.09 Å². The Hall–Kier alpha value is -4.13. The summed E-state index contributed by atoms with van der Waals surface area (Å²) in [7, 11) is 0. The predicted octanol–water partition coefficient (Wildman–Crippen LogP) is 5.01. The van der Waals surface area contributed by atoms with Gasteiger partial charge in [-0.1, -0.05) is 86.1 Å². The highest BCUT2D eigenvalue weighted by Crippen LogP contribution is 2.35. The second-order valence-corrected chi connectivity index (χ2v) is 9.84. The molecule has 0 aliphatic carbocycles. The molecule has 0 bridgehead atoms. The van der Waals surface area contributed by atoms with E-state index in [-0.39, 0.29) is 30.7 Å². The molecule has 0 spiro atoms. The van der Waals surface area contributed by atoms with E-state index in [0.717, 1.165) is 16.7 Å². The minimum Gasteiger partial charge on any atom is -0.438 e. The van der Waals surface area contributed by atoms with Crippen LogP contribution in [-0.4, -0.2) is 35.4 Å². The maximum Gasteiger partial charge on any atom is 0.411 e. The number of rotatable bonds is 9. The van der Waals surface area contributed by atoms with Crippen molar-refractivity contribution in [1.82, 2.24) is 10.2 Å². The Kier molecular flexibility index (Phi) is 8.23. The molecule has 7 heteroatoms. The summed E-state index contributed by atoms with van der Waals surface area (Å²) in [4.78, 5) is 40.4. The van der Waals surface area contributed by atoms with Gasteiger partial charge in [-0.05, 0) is 41.7 Å². The van der Waals surface area contributed by atoms with Crippen molar-refractivity contribution in [1.29, 1.82) is 0 Å². The van der Waals surface area contributed by atoms with Crippen LogP contribution in [0.25, 0.3) is 0 Å². The van der Waals surface area contributed by atoms with Crippen molar-refractivity contribution < 1.29 is 19.1 Å². The van der Waals surface area contributed by atoms with Gasteiger partial charge in [0.1, 0.15) is 0 Å². The van der Waals surface area contributed by atoms with Crippen LogP contribution in [0, 0.1) is 12.8 Å². The third kappa shape index (κ3) is 6.76. The van der Waals surface area contributed by atoms with Crippen molar-refractivity contribution in [3.8, 4) is 0 Å². The second-order valence-electron chi connectivity index (χ2n) is 9.84. The summed E-state index contributed by atoms with van der Waals surface area (Å²) in [6.45, 7) is 6.77. The van der Waals surface area contributed by atoms with Gasteiger partial charge in [-0.2, -0.15) is 0 Å². The smallest absolute Gasteiger partial charge is 0.411 e. The number of hydrogen-bond acceptors (Lipinski definition) is 4. The zero-order valence-electron chi connectivity index (χ0n) is 21.4. The average Bonchev–Trinajstić information content (AvgIpc) is 3.20. The Bertz CT molecular complexity index is 1240. The van der Waals surface area contributed by atoms with Crippen molar-refractivity contribution in [2.24, 2.45) is 5.92 Å². The lowest BCUT2D eigenvalue weighted by molar-refractivity contribution is -0.126. The van der Waals surface area contributed by atoms with Gasteiger partial charge in [-0.3, -0.25) is 14.5 Å². The van der Waals surface area contributed by atoms with E-state index in [2.05, 4.69) is 10.6 Å². The molecule has 0 aromatic heterocycles. The SMILES string of the molecule is Cc1ccc(CN2C(=O)O[C@H](c3cccc(NC(=O)Cc4ccccc4)c3)[C@H]2C(=O)NCC(C)C)cc1. The Morgan fingerprint density at radius 1 is 0.946 bits per heavy atom. The van der Waals surface area contributed by atoms with E-state index >= 15 is 0 Å². The molecule has 1 heterocycles. The van der Waals surface area contributed by atoms with Crippen molar-refractivity contribution in [2.45, 2.75) is 45.9 Å². The molecule has 2 atom stereocenters. The summed E-state index contributed by atoms with van der Waals surface area (Å²) in [5.41, 5.74) is 4.15. The van der Waals surface area contributed by atoms with Crippen molar-refractivity contribution in [3.63, 3.8) is 0 Å². The Balaban J connectivity index is 1.56. The van der Waals surface area contributed by atoms with E-state index in [1.165, 1.54) is 4.90 Å². The molecule has 3 aromatic rings. The summed E-state index contributed by atoms with van der Waals surface area (Å²) in [5, 5.41) is 5.87. The molecule has 37 heavy (non-hydrogen) atoms. The Morgan fingerprint density at radius 2 is 1.68 bits per heavy atom. The first kappa shape index (κ1) is 25.9. The first-order valence-electron chi connectivity index (χ1n) is 12.5. The van der Waals surface area contributed by atoms with Crippen LogP contribution in [0.5, 0.6) is 0 Å². The van der Waals surface area contributed by atoms with Crippen LogP contribution in [0.1, 0.15) is 42.2 Å². The molecule has 7 nitrogen and oxygen atoms in total. The van der Waals surface area contributed by atoms with Crippen LogP contribution in [-0.2, 0) is 27.3 Å². The standard InChI is InChI=1S/C30H33N3O4/c1-20(2)18-31-29(35)27-28(37-30(36)33(27)19-23-14-12-21(3)13-15-23)24-10-7-11-25(17-24)32-26(34)16-22-8-5-4-6-9-22/h4-15,17,20,27-28H,16,18-19H2,1-3H3,(H,31,35)(H,32,34)/t27-,28+/m0/s1. The lowest BCUT2D eigenvalue weighted by Crippen LogP contribution is -2.47. The molecule has 1 fully saturated rings. The van der Waals surface area contributed by atoms with Gasteiger partial charge in [0.15, 0.2) is 12.1 Å². The van der Waals surface area contributed by atoms with Gasteiger partial charge < -0.3 is 15.4 Å². The topological polar surface area (TPSA) is 87.7 Å². The lowest BCUT2D eigenvalue weighted by atomic mass is 9.99. The molecule has 1 aliphatic rings. The van der Waals surface area contributed by atoms with Crippen LogP contribution in [0.3, 0.4) is 0 Å². The van der Waals surface area contributed by atoms with E-state index in [4.69, 9.17) is 4.74 Å². The fraction of sp³-hybridized carbons (Fsp3) is 0.300. The van der Waals surface area contributed by atoms with E-state index < -0.39 is 18.2 Å². The van der Waals surface area contributed by atoms with E-state index in [1.54, 1.807) is 18.2 Å². The zero-order chi connectivity index (χ0) is 26.4. The van der Waals surface area contributed by atoms with Gasteiger partial charge in [0.05, 0.1) is 13.0 Å². The van der Waals surface area contributed by atoms with Crippen LogP contribution in [0.2, 0.25) is 0 Å². The monoisotopic (exact) mass is 499 g/mol. The first-order valence-corrected chi connectivity index (χ1v) is 12.5. The number of benzene rings is 3. The number of cyclic esters (lactones) is 1. The average molecular weight is 500 g/mol. The largest absolute Gasteiger partial charge is 0.438 e. The molecule has 2 N–H and O–H groups in total. The normalized spacial score (nSPS) is 17.0. The predicted molar refractivity (Wildman–Crippen MR) is 143 cm³/mol. The summed E-state index contributed by atoms with van der Waals surface area (Å²) in [6, 6.07) is 23.6. The number of carbonyl (C=O) groups excluding carboxylic acids is 3. The molecule has 0 saturated carbocycles. The van der Waals surface area contributed by atoms with Crippen molar-refractivity contribution in [3.05, 3.63) is 101 Å². The number of anilines is 1. The minimum absolute atomic E-state index is 0.154. The molecule has 192 valence electrons. The third-order valence-electron chi connectivity index (χ3n) is 6.22. The number of hydrogen-bond donors (Lipinski definition) is 2. The highest BCUT2D eigenvalue weighted by Gasteiger charge is 2.47. The molecule has 3 aromatic carbocycles. The number of nitrogens with zero attached hydrogens (tertiary/aromatic N) is 1. The van der Waals surface area contributed by atoms with Gasteiger partial charge in [-0.15, -0.1) is 0 Å². The molecular weight excluding hydrogens is 466 g/mol. The fourth-order valence-corrected chi connectivity index (χ4v) is 4.29. The maximum atomic E-state index is 13.3. The van der Waals surface area contributed by atoms with Crippen LogP contribution >= 0.6 is 0 Å². The van der Waals surface area contributed by atoms with Crippen LogP contribution in [0.15, 0.2) is 78.9 Å². The number of nitrogens with one attached hydrogen (secondary N) is 2. The number of ether oxygens (including phenoxy) is 1. The quantitative estimate of drug-likeness (QED) is 0.433. The van der Waals surface area contributed by atoms with E-state index in [0.29, 0.717) is 17.8 Å². The lowest BCUT2D eigenvalue weighted by Gasteiger charge is -2.25. The Morgan fingerprint density at radius 3 is 2.38 bits per heavy atom. The first-order chi connectivity index (χ1) is 17.8. The maximum absolute atomic E-state index is 13.3. The van der Waals surface area contributed by atoms with Gasteiger partial charge in [0, 0.05) is 12.2 Å². The zero-order valence-corrected chi connectivity index (χ0v) is 21.4. The highest BCUT2D eigenvalue weighted by molar-refractivity contribution is 5.92. The van der Waals surface area contributed by atoms with Gasteiger partial charge in [0.2, 0.25) is 11.8 Å². The summed E-state index contributed by atoms with van der Waals surface area (Å²) in [5.74, 6) is -0.164.